The van der Waals surface area contributed by atoms with Crippen LogP contribution in [0.25, 0.3) is 10.2 Å². The number of para-hydroxylation sites is 1. The van der Waals surface area contributed by atoms with Gasteiger partial charge in [0.05, 0.1) is 10.2 Å². The van der Waals surface area contributed by atoms with Gasteiger partial charge in [-0.15, -0.1) is 0 Å². The van der Waals surface area contributed by atoms with Crippen LogP contribution in [-0.2, 0) is 0 Å². The van der Waals surface area contributed by atoms with Crippen LogP contribution in [0.3, 0.4) is 0 Å². The van der Waals surface area contributed by atoms with Gasteiger partial charge in [-0.1, -0.05) is 23.5 Å². The van der Waals surface area contributed by atoms with Gasteiger partial charge in [0.1, 0.15) is 0 Å². The van der Waals surface area contributed by atoms with E-state index in [9.17, 15) is 13.6 Å². The second kappa shape index (κ2) is 4.97. The highest BCUT2D eigenvalue weighted by molar-refractivity contribution is 7.22. The van der Waals surface area contributed by atoms with E-state index in [2.05, 4.69) is 10.3 Å². The molecule has 100 valence electrons. The predicted octanol–water partition coefficient (Wildman–Crippen LogP) is 3.83. The molecule has 1 amide bonds. The Morgan fingerprint density at radius 1 is 1.10 bits per heavy atom. The van der Waals surface area contributed by atoms with Crippen molar-refractivity contribution in [1.82, 2.24) is 4.98 Å². The number of nitrogens with zero attached hydrogens (tertiary/aromatic N) is 1. The molecule has 0 unspecified atom stereocenters. The third-order valence-corrected chi connectivity index (χ3v) is 3.65. The average molecular weight is 290 g/mol. The van der Waals surface area contributed by atoms with E-state index in [1.165, 1.54) is 17.4 Å². The summed E-state index contributed by atoms with van der Waals surface area (Å²) < 4.78 is 26.8. The predicted molar refractivity (Wildman–Crippen MR) is 73.9 cm³/mol. The fourth-order valence-corrected chi connectivity index (χ4v) is 2.59. The molecule has 0 saturated carbocycles. The summed E-state index contributed by atoms with van der Waals surface area (Å²) in [6.07, 6.45) is 0. The Kier molecular flexibility index (Phi) is 3.15. The number of nitrogens with one attached hydrogen (secondary N) is 1. The van der Waals surface area contributed by atoms with Crippen LogP contribution in [-0.4, -0.2) is 10.9 Å². The molecule has 3 aromatic rings. The van der Waals surface area contributed by atoms with Gasteiger partial charge < -0.3 is 0 Å². The topological polar surface area (TPSA) is 42.0 Å². The molecule has 0 aliphatic carbocycles. The molecule has 1 N–H and O–H groups in total. The Hall–Kier alpha value is -2.34. The first-order valence-corrected chi connectivity index (χ1v) is 6.57. The van der Waals surface area contributed by atoms with Gasteiger partial charge in [-0.25, -0.2) is 13.8 Å². The van der Waals surface area contributed by atoms with Gasteiger partial charge in [0.2, 0.25) is 0 Å². The van der Waals surface area contributed by atoms with Crippen molar-refractivity contribution >= 4 is 32.6 Å². The van der Waals surface area contributed by atoms with Crippen LogP contribution in [0.4, 0.5) is 13.9 Å². The van der Waals surface area contributed by atoms with Crippen molar-refractivity contribution in [1.29, 1.82) is 0 Å². The van der Waals surface area contributed by atoms with Gasteiger partial charge in [0.15, 0.2) is 16.8 Å². The zero-order chi connectivity index (χ0) is 14.1. The van der Waals surface area contributed by atoms with Crippen LogP contribution in [0, 0.1) is 11.6 Å². The van der Waals surface area contributed by atoms with E-state index in [0.29, 0.717) is 5.13 Å². The molecule has 3 rings (SSSR count). The maximum Gasteiger partial charge on any atom is 0.257 e. The maximum absolute atomic E-state index is 13.1. The number of aromatic nitrogens is 1. The molecular weight excluding hydrogens is 282 g/mol. The molecule has 6 heteroatoms. The van der Waals surface area contributed by atoms with Crippen LogP contribution >= 0.6 is 11.3 Å². The minimum Gasteiger partial charge on any atom is -0.298 e. The first kappa shape index (κ1) is 12.7. The molecule has 1 heterocycles. The second-order valence-corrected chi connectivity index (χ2v) is 5.10. The molecule has 3 nitrogen and oxygen atoms in total. The van der Waals surface area contributed by atoms with Gasteiger partial charge in [0.25, 0.3) is 5.91 Å². The minimum absolute atomic E-state index is 0.0446. The SMILES string of the molecule is O=C(Nc1nc2ccccc2s1)c1ccc(F)c(F)c1. The van der Waals surface area contributed by atoms with E-state index in [4.69, 9.17) is 0 Å². The Balaban J connectivity index is 1.86. The molecule has 0 spiro atoms. The first-order chi connectivity index (χ1) is 9.63. The summed E-state index contributed by atoms with van der Waals surface area (Å²) in [6, 6.07) is 10.4. The zero-order valence-corrected chi connectivity index (χ0v) is 10.9. The largest absolute Gasteiger partial charge is 0.298 e. The lowest BCUT2D eigenvalue weighted by Crippen LogP contribution is -2.12. The maximum atomic E-state index is 13.1. The Labute approximate surface area is 116 Å². The average Bonchev–Trinajstić information content (AvgIpc) is 2.83. The van der Waals surface area contributed by atoms with Crippen LogP contribution in [0.2, 0.25) is 0 Å². The van der Waals surface area contributed by atoms with Gasteiger partial charge in [-0.3, -0.25) is 10.1 Å². The van der Waals surface area contributed by atoms with E-state index >= 15 is 0 Å². The van der Waals surface area contributed by atoms with Crippen molar-refractivity contribution in [2.24, 2.45) is 0 Å². The van der Waals surface area contributed by atoms with Crippen molar-refractivity contribution in [2.75, 3.05) is 5.32 Å². The quantitative estimate of drug-likeness (QED) is 0.779. The van der Waals surface area contributed by atoms with Crippen molar-refractivity contribution < 1.29 is 13.6 Å². The number of rotatable bonds is 2. The summed E-state index contributed by atoms with van der Waals surface area (Å²) in [4.78, 5) is 16.2. The monoisotopic (exact) mass is 290 g/mol. The molecular formula is C14H8F2N2OS. The van der Waals surface area contributed by atoms with Crippen LogP contribution in [0.15, 0.2) is 42.5 Å². The minimum atomic E-state index is -1.05. The van der Waals surface area contributed by atoms with E-state index in [0.717, 1.165) is 22.3 Å². The lowest BCUT2D eigenvalue weighted by atomic mass is 10.2. The van der Waals surface area contributed by atoms with Crippen LogP contribution in [0.5, 0.6) is 0 Å². The fourth-order valence-electron chi connectivity index (χ4n) is 1.73. The molecule has 2 aromatic carbocycles. The molecule has 0 radical (unpaired) electrons. The van der Waals surface area contributed by atoms with Crippen molar-refractivity contribution in [3.05, 3.63) is 59.7 Å². The highest BCUT2D eigenvalue weighted by atomic mass is 32.1. The molecule has 1 aromatic heterocycles. The summed E-state index contributed by atoms with van der Waals surface area (Å²) in [5, 5.41) is 2.99. The van der Waals surface area contributed by atoms with Crippen molar-refractivity contribution in [3.63, 3.8) is 0 Å². The fraction of sp³-hybridized carbons (Fsp3) is 0. The number of carbonyl (C=O) groups is 1. The number of amides is 1. The van der Waals surface area contributed by atoms with Crippen LogP contribution < -0.4 is 5.32 Å². The van der Waals surface area contributed by atoms with E-state index in [1.807, 2.05) is 24.3 Å². The molecule has 0 bridgehead atoms. The molecule has 0 saturated heterocycles. The molecule has 0 fully saturated rings. The first-order valence-electron chi connectivity index (χ1n) is 5.75. The van der Waals surface area contributed by atoms with Crippen molar-refractivity contribution in [2.45, 2.75) is 0 Å². The van der Waals surface area contributed by atoms with Crippen molar-refractivity contribution in [3.8, 4) is 0 Å². The Morgan fingerprint density at radius 3 is 2.65 bits per heavy atom. The number of hydrogen-bond acceptors (Lipinski definition) is 3. The normalized spacial score (nSPS) is 10.7. The van der Waals surface area contributed by atoms with Crippen LogP contribution in [0.1, 0.15) is 10.4 Å². The third-order valence-electron chi connectivity index (χ3n) is 2.70. The van der Waals surface area contributed by atoms with Gasteiger partial charge in [-0.2, -0.15) is 0 Å². The zero-order valence-electron chi connectivity index (χ0n) is 10.1. The number of carbonyl (C=O) groups excluding carboxylic acids is 1. The number of benzene rings is 2. The third kappa shape index (κ3) is 2.37. The number of anilines is 1. The summed E-state index contributed by atoms with van der Waals surface area (Å²) in [6.45, 7) is 0. The van der Waals surface area contributed by atoms with Gasteiger partial charge in [0, 0.05) is 5.56 Å². The Bertz CT molecular complexity index is 768. The number of thiazole rings is 1. The number of hydrogen-bond donors (Lipinski definition) is 1. The van der Waals surface area contributed by atoms with E-state index < -0.39 is 17.5 Å². The lowest BCUT2D eigenvalue weighted by molar-refractivity contribution is 0.102. The summed E-state index contributed by atoms with van der Waals surface area (Å²) in [5.41, 5.74) is 0.821. The molecule has 0 atom stereocenters. The number of halogens is 2. The van der Waals surface area contributed by atoms with Gasteiger partial charge >= 0.3 is 0 Å². The molecule has 0 aliphatic heterocycles. The summed E-state index contributed by atoms with van der Waals surface area (Å²) >= 11 is 1.32. The second-order valence-electron chi connectivity index (χ2n) is 4.07. The standard InChI is InChI=1S/C14H8F2N2OS/c15-9-6-5-8(7-10(9)16)13(19)18-14-17-11-3-1-2-4-12(11)20-14/h1-7H,(H,17,18,19). The highest BCUT2D eigenvalue weighted by Gasteiger charge is 2.12. The summed E-state index contributed by atoms with van der Waals surface area (Å²) in [7, 11) is 0. The number of fused-ring (bicyclic) bond motifs is 1. The van der Waals surface area contributed by atoms with Gasteiger partial charge in [-0.05, 0) is 30.3 Å². The summed E-state index contributed by atoms with van der Waals surface area (Å²) in [5.74, 6) is -2.56. The highest BCUT2D eigenvalue weighted by Crippen LogP contribution is 2.25. The molecule has 0 aliphatic rings. The smallest absolute Gasteiger partial charge is 0.257 e. The van der Waals surface area contributed by atoms with E-state index in [1.54, 1.807) is 0 Å². The van der Waals surface area contributed by atoms with E-state index in [-0.39, 0.29) is 5.56 Å². The Morgan fingerprint density at radius 2 is 1.90 bits per heavy atom. The molecule has 20 heavy (non-hydrogen) atoms. The lowest BCUT2D eigenvalue weighted by Gasteiger charge is -2.01.